The predicted octanol–water partition coefficient (Wildman–Crippen LogP) is 4.25. The summed E-state index contributed by atoms with van der Waals surface area (Å²) in [6.07, 6.45) is 5.99. The number of unbranched alkanes of at least 4 members (excludes halogenated alkanes) is 3. The van der Waals surface area contributed by atoms with Crippen molar-refractivity contribution in [3.8, 4) is 0 Å². The van der Waals surface area contributed by atoms with Crippen LogP contribution in [0, 0.1) is 0 Å². The molecule has 0 aliphatic carbocycles. The van der Waals surface area contributed by atoms with E-state index in [1.165, 1.54) is 25.7 Å². The number of ether oxygens (including phenoxy) is 1. The molecule has 106 valence electrons. The van der Waals surface area contributed by atoms with E-state index >= 15 is 0 Å². The number of hydrogen-bond donors (Lipinski definition) is 1. The van der Waals surface area contributed by atoms with E-state index in [1.54, 1.807) is 0 Å². The lowest BCUT2D eigenvalue weighted by atomic mass is 9.69. The number of halogens is 1. The minimum absolute atomic E-state index is 0.241. The van der Waals surface area contributed by atoms with Crippen molar-refractivity contribution in [2.75, 3.05) is 6.61 Å². The second-order valence-electron chi connectivity index (χ2n) is 5.81. The molecule has 0 saturated carbocycles. The van der Waals surface area contributed by atoms with Crippen LogP contribution in [0.25, 0.3) is 0 Å². The van der Waals surface area contributed by atoms with Crippen molar-refractivity contribution in [2.45, 2.75) is 57.1 Å². The van der Waals surface area contributed by atoms with Gasteiger partial charge in [-0.15, -0.1) is 0 Å². The second kappa shape index (κ2) is 5.82. The van der Waals surface area contributed by atoms with Crippen LogP contribution in [0.4, 0.5) is 0 Å². The first-order valence-electron chi connectivity index (χ1n) is 7.21. The molecule has 0 radical (unpaired) electrons. The Balaban J connectivity index is 2.04. The van der Waals surface area contributed by atoms with Gasteiger partial charge in [0.25, 0.3) is 0 Å². The van der Waals surface area contributed by atoms with Gasteiger partial charge in [-0.1, -0.05) is 56.3 Å². The van der Waals surface area contributed by atoms with Gasteiger partial charge in [-0.25, -0.2) is 0 Å². The van der Waals surface area contributed by atoms with Crippen molar-refractivity contribution in [1.82, 2.24) is 0 Å². The Labute approximate surface area is 121 Å². The summed E-state index contributed by atoms with van der Waals surface area (Å²) >= 11 is 5.94. The number of benzene rings is 1. The van der Waals surface area contributed by atoms with Crippen LogP contribution < -0.4 is 5.73 Å². The molecule has 1 saturated heterocycles. The number of nitrogens with two attached hydrogens (primary N) is 1. The molecule has 1 heterocycles. The summed E-state index contributed by atoms with van der Waals surface area (Å²) in [5, 5.41) is 0.747. The van der Waals surface area contributed by atoms with Gasteiger partial charge in [-0.05, 0) is 31.0 Å². The van der Waals surface area contributed by atoms with E-state index in [2.05, 4.69) is 13.8 Å². The smallest absolute Gasteiger partial charge is 0.0938 e. The Kier molecular flexibility index (Phi) is 4.54. The third-order valence-corrected chi connectivity index (χ3v) is 4.68. The highest BCUT2D eigenvalue weighted by atomic mass is 35.5. The minimum Gasteiger partial charge on any atom is -0.371 e. The lowest BCUT2D eigenvalue weighted by molar-refractivity contribution is -0.217. The lowest BCUT2D eigenvalue weighted by Gasteiger charge is -2.55. The summed E-state index contributed by atoms with van der Waals surface area (Å²) in [5.41, 5.74) is 7.11. The molecule has 0 amide bonds. The van der Waals surface area contributed by atoms with Gasteiger partial charge in [-0.3, -0.25) is 0 Å². The summed E-state index contributed by atoms with van der Waals surface area (Å²) in [4.78, 5) is 0. The fraction of sp³-hybridized carbons (Fsp3) is 0.625. The summed E-state index contributed by atoms with van der Waals surface area (Å²) in [6, 6.07) is 7.85. The van der Waals surface area contributed by atoms with E-state index in [9.17, 15) is 0 Å². The summed E-state index contributed by atoms with van der Waals surface area (Å²) in [6.45, 7) is 4.96. The molecule has 3 heteroatoms. The van der Waals surface area contributed by atoms with Crippen LogP contribution in [0.15, 0.2) is 24.3 Å². The van der Waals surface area contributed by atoms with E-state index in [0.717, 1.165) is 17.0 Å². The summed E-state index contributed by atoms with van der Waals surface area (Å²) < 4.78 is 5.84. The fourth-order valence-corrected chi connectivity index (χ4v) is 2.92. The van der Waals surface area contributed by atoms with Gasteiger partial charge in [0.1, 0.15) is 0 Å². The zero-order chi connectivity index (χ0) is 13.9. The molecule has 2 rings (SSSR count). The second-order valence-corrected chi connectivity index (χ2v) is 6.24. The maximum atomic E-state index is 6.60. The van der Waals surface area contributed by atoms with Crippen molar-refractivity contribution in [3.05, 3.63) is 34.9 Å². The van der Waals surface area contributed by atoms with Crippen LogP contribution in [0.2, 0.25) is 5.02 Å². The van der Waals surface area contributed by atoms with Crippen molar-refractivity contribution < 1.29 is 4.74 Å². The Morgan fingerprint density at radius 1 is 1.21 bits per heavy atom. The zero-order valence-electron chi connectivity index (χ0n) is 11.9. The van der Waals surface area contributed by atoms with Crippen molar-refractivity contribution in [3.63, 3.8) is 0 Å². The molecule has 2 nitrogen and oxygen atoms in total. The van der Waals surface area contributed by atoms with Crippen molar-refractivity contribution >= 4 is 11.6 Å². The molecule has 19 heavy (non-hydrogen) atoms. The molecule has 2 unspecified atom stereocenters. The standard InChI is InChI=1S/C16H24ClNO/c1-3-4-5-6-11-15(2)16(18,12-19-15)13-7-9-14(17)10-8-13/h7-10H,3-6,11-12,18H2,1-2H3. The van der Waals surface area contributed by atoms with Gasteiger partial charge in [-0.2, -0.15) is 0 Å². The van der Waals surface area contributed by atoms with Gasteiger partial charge in [0.05, 0.1) is 17.7 Å². The van der Waals surface area contributed by atoms with E-state index in [1.807, 2.05) is 24.3 Å². The molecule has 0 bridgehead atoms. The molecular formula is C16H24ClNO. The Bertz CT molecular complexity index is 419. The van der Waals surface area contributed by atoms with E-state index in [-0.39, 0.29) is 11.1 Å². The highest BCUT2D eigenvalue weighted by Crippen LogP contribution is 2.46. The highest BCUT2D eigenvalue weighted by Gasteiger charge is 2.55. The van der Waals surface area contributed by atoms with Crippen LogP contribution in [0.1, 0.15) is 51.5 Å². The SMILES string of the molecule is CCCCCCC1(C)OCC1(N)c1ccc(Cl)cc1. The van der Waals surface area contributed by atoms with E-state index in [0.29, 0.717) is 6.61 Å². The van der Waals surface area contributed by atoms with Crippen LogP contribution in [0.5, 0.6) is 0 Å². The third kappa shape index (κ3) is 2.81. The average Bonchev–Trinajstić information content (AvgIpc) is 2.42. The van der Waals surface area contributed by atoms with Crippen LogP contribution >= 0.6 is 11.6 Å². The average molecular weight is 282 g/mol. The van der Waals surface area contributed by atoms with Crippen molar-refractivity contribution in [1.29, 1.82) is 0 Å². The quantitative estimate of drug-likeness (QED) is 0.791. The highest BCUT2D eigenvalue weighted by molar-refractivity contribution is 6.30. The van der Waals surface area contributed by atoms with Crippen molar-refractivity contribution in [2.24, 2.45) is 5.73 Å². The van der Waals surface area contributed by atoms with Gasteiger partial charge in [0.2, 0.25) is 0 Å². The lowest BCUT2D eigenvalue weighted by Crippen LogP contribution is -2.69. The largest absolute Gasteiger partial charge is 0.371 e. The zero-order valence-corrected chi connectivity index (χ0v) is 12.7. The molecular weight excluding hydrogens is 258 g/mol. The number of hydrogen-bond acceptors (Lipinski definition) is 2. The molecule has 1 aliphatic rings. The fourth-order valence-electron chi connectivity index (χ4n) is 2.79. The monoisotopic (exact) mass is 281 g/mol. The molecule has 1 aromatic carbocycles. The molecule has 0 spiro atoms. The molecule has 2 N–H and O–H groups in total. The molecule has 2 atom stereocenters. The molecule has 1 aliphatic heterocycles. The van der Waals surface area contributed by atoms with Crippen LogP contribution in [0.3, 0.4) is 0 Å². The summed E-state index contributed by atoms with van der Waals surface area (Å²) in [5.74, 6) is 0. The Morgan fingerprint density at radius 2 is 1.89 bits per heavy atom. The Morgan fingerprint density at radius 3 is 2.42 bits per heavy atom. The Hall–Kier alpha value is -0.570. The van der Waals surface area contributed by atoms with Crippen LogP contribution in [-0.2, 0) is 10.3 Å². The van der Waals surface area contributed by atoms with E-state index < -0.39 is 0 Å². The van der Waals surface area contributed by atoms with Gasteiger partial charge >= 0.3 is 0 Å². The maximum absolute atomic E-state index is 6.60. The first-order chi connectivity index (χ1) is 9.02. The normalized spacial score (nSPS) is 30.1. The van der Waals surface area contributed by atoms with Gasteiger partial charge in [0, 0.05) is 5.02 Å². The van der Waals surface area contributed by atoms with Gasteiger partial charge in [0.15, 0.2) is 0 Å². The van der Waals surface area contributed by atoms with Crippen LogP contribution in [-0.4, -0.2) is 12.2 Å². The minimum atomic E-state index is -0.371. The molecule has 1 fully saturated rings. The topological polar surface area (TPSA) is 35.2 Å². The summed E-state index contributed by atoms with van der Waals surface area (Å²) in [7, 11) is 0. The first kappa shape index (κ1) is 14.8. The third-order valence-electron chi connectivity index (χ3n) is 4.43. The van der Waals surface area contributed by atoms with Gasteiger partial charge < -0.3 is 10.5 Å². The number of rotatable bonds is 6. The first-order valence-corrected chi connectivity index (χ1v) is 7.58. The predicted molar refractivity (Wildman–Crippen MR) is 80.4 cm³/mol. The maximum Gasteiger partial charge on any atom is 0.0938 e. The molecule has 1 aromatic rings. The molecule has 0 aromatic heterocycles. The van der Waals surface area contributed by atoms with E-state index in [4.69, 9.17) is 22.1 Å².